The summed E-state index contributed by atoms with van der Waals surface area (Å²) in [5.41, 5.74) is -0.750. The third-order valence-corrected chi connectivity index (χ3v) is 3.47. The quantitative estimate of drug-likeness (QED) is 0.552. The zero-order valence-electron chi connectivity index (χ0n) is 6.49. The van der Waals surface area contributed by atoms with E-state index in [0.29, 0.717) is 12.8 Å². The van der Waals surface area contributed by atoms with Gasteiger partial charge in [0.1, 0.15) is 5.54 Å². The molecule has 1 saturated carbocycles. The molecule has 3 aliphatic rings. The first-order valence-corrected chi connectivity index (χ1v) is 4.22. The molecule has 0 radical (unpaired) electrons. The molecule has 2 heterocycles. The average molecular weight is 167 g/mol. The minimum atomic E-state index is -0.803. The number of β-lactam (4-membered cyclic amide) rings is 1. The lowest BCUT2D eigenvalue weighted by molar-refractivity contribution is -0.160. The second-order valence-electron chi connectivity index (χ2n) is 3.99. The van der Waals surface area contributed by atoms with Crippen LogP contribution in [-0.2, 0) is 9.59 Å². The summed E-state index contributed by atoms with van der Waals surface area (Å²) in [6.07, 6.45) is 2.17. The smallest absolute Gasteiger partial charge is 0.329 e. The number of hydrogen-bond acceptors (Lipinski definition) is 2. The van der Waals surface area contributed by atoms with Gasteiger partial charge in [0.15, 0.2) is 0 Å². The number of carbonyl (C=O) groups excluding carboxylic acids is 1. The summed E-state index contributed by atoms with van der Waals surface area (Å²) >= 11 is 0. The molecular formula is C8H9NO3. The van der Waals surface area contributed by atoms with E-state index in [0.717, 1.165) is 6.42 Å². The Bertz CT molecular complexity index is 301. The van der Waals surface area contributed by atoms with Crippen LogP contribution in [0, 0.1) is 5.92 Å². The highest BCUT2D eigenvalue weighted by Crippen LogP contribution is 2.61. The molecule has 3 unspecified atom stereocenters. The Kier molecular flexibility index (Phi) is 0.812. The molecule has 64 valence electrons. The molecule has 1 aliphatic carbocycles. The lowest BCUT2D eigenvalue weighted by Crippen LogP contribution is -2.58. The number of fused-ring (bicyclic) bond motifs is 3. The van der Waals surface area contributed by atoms with Crippen molar-refractivity contribution in [2.45, 2.75) is 30.8 Å². The molecule has 1 N–H and O–H groups in total. The maximum Gasteiger partial charge on any atom is 0.329 e. The number of nitrogens with zero attached hydrogens (tertiary/aromatic N) is 1. The van der Waals surface area contributed by atoms with E-state index in [4.69, 9.17) is 5.11 Å². The van der Waals surface area contributed by atoms with Crippen LogP contribution in [-0.4, -0.2) is 33.5 Å². The second-order valence-corrected chi connectivity index (χ2v) is 3.99. The van der Waals surface area contributed by atoms with Gasteiger partial charge in [0, 0.05) is 12.5 Å². The Morgan fingerprint density at radius 2 is 2.42 bits per heavy atom. The molecule has 3 atom stereocenters. The summed E-state index contributed by atoms with van der Waals surface area (Å²) in [5.74, 6) is -0.517. The lowest BCUT2D eigenvalue weighted by atomic mass is 10.00. The molecule has 4 nitrogen and oxygen atoms in total. The van der Waals surface area contributed by atoms with E-state index >= 15 is 0 Å². The molecule has 0 aromatic rings. The first kappa shape index (κ1) is 6.46. The Hall–Kier alpha value is -1.06. The fourth-order valence-electron chi connectivity index (χ4n) is 2.80. The molecule has 2 saturated heterocycles. The largest absolute Gasteiger partial charge is 0.479 e. The topological polar surface area (TPSA) is 57.6 Å². The number of rotatable bonds is 1. The van der Waals surface area contributed by atoms with Crippen molar-refractivity contribution in [2.75, 3.05) is 0 Å². The molecular weight excluding hydrogens is 158 g/mol. The first-order valence-electron chi connectivity index (χ1n) is 4.22. The minimum absolute atomic E-state index is 0.0300. The average Bonchev–Trinajstić information content (AvgIpc) is 2.58. The summed E-state index contributed by atoms with van der Waals surface area (Å²) in [7, 11) is 0. The highest BCUT2D eigenvalue weighted by Gasteiger charge is 2.74. The van der Waals surface area contributed by atoms with Crippen LogP contribution < -0.4 is 0 Å². The molecule has 0 spiro atoms. The van der Waals surface area contributed by atoms with E-state index in [1.54, 1.807) is 4.90 Å². The SMILES string of the molecule is O=C1CC2CC3CC3(C(=O)O)N12. The number of hydrogen-bond donors (Lipinski definition) is 1. The number of carbonyl (C=O) groups is 2. The Labute approximate surface area is 69.2 Å². The third-order valence-electron chi connectivity index (χ3n) is 3.47. The van der Waals surface area contributed by atoms with Gasteiger partial charge < -0.3 is 10.0 Å². The Morgan fingerprint density at radius 1 is 1.67 bits per heavy atom. The summed E-state index contributed by atoms with van der Waals surface area (Å²) < 4.78 is 0. The van der Waals surface area contributed by atoms with E-state index in [2.05, 4.69) is 0 Å². The van der Waals surface area contributed by atoms with Crippen LogP contribution in [0.2, 0.25) is 0 Å². The van der Waals surface area contributed by atoms with Crippen molar-refractivity contribution in [2.24, 2.45) is 5.92 Å². The van der Waals surface area contributed by atoms with Crippen LogP contribution in [0.4, 0.5) is 0 Å². The minimum Gasteiger partial charge on any atom is -0.479 e. The van der Waals surface area contributed by atoms with Crippen molar-refractivity contribution in [3.63, 3.8) is 0 Å². The van der Waals surface area contributed by atoms with Crippen molar-refractivity contribution >= 4 is 11.9 Å². The molecule has 0 aromatic heterocycles. The predicted molar refractivity (Wildman–Crippen MR) is 38.3 cm³/mol. The number of carboxylic acid groups (broad SMARTS) is 1. The summed E-state index contributed by atoms with van der Waals surface area (Å²) in [4.78, 5) is 23.6. The third kappa shape index (κ3) is 0.436. The Morgan fingerprint density at radius 3 is 2.92 bits per heavy atom. The van der Waals surface area contributed by atoms with E-state index in [1.165, 1.54) is 0 Å². The number of piperidine rings is 1. The number of amides is 1. The van der Waals surface area contributed by atoms with Crippen LogP contribution in [0.25, 0.3) is 0 Å². The van der Waals surface area contributed by atoms with Gasteiger partial charge in [-0.15, -0.1) is 0 Å². The van der Waals surface area contributed by atoms with Crippen molar-refractivity contribution < 1.29 is 14.7 Å². The van der Waals surface area contributed by atoms with E-state index in [1.807, 2.05) is 0 Å². The maximum atomic E-state index is 11.1. The molecule has 3 rings (SSSR count). The second kappa shape index (κ2) is 1.51. The zero-order chi connectivity index (χ0) is 8.51. The highest BCUT2D eigenvalue weighted by molar-refractivity contribution is 5.95. The van der Waals surface area contributed by atoms with Crippen molar-refractivity contribution in [1.82, 2.24) is 4.90 Å². The lowest BCUT2D eigenvalue weighted by Gasteiger charge is -2.40. The predicted octanol–water partition coefficient (Wildman–Crippen LogP) is -0.166. The fourth-order valence-corrected chi connectivity index (χ4v) is 2.80. The van der Waals surface area contributed by atoms with Gasteiger partial charge in [0.2, 0.25) is 5.91 Å². The van der Waals surface area contributed by atoms with Crippen LogP contribution in [0.3, 0.4) is 0 Å². The molecule has 12 heavy (non-hydrogen) atoms. The molecule has 4 heteroatoms. The van der Waals surface area contributed by atoms with Gasteiger partial charge in [-0.1, -0.05) is 0 Å². The molecule has 0 aromatic carbocycles. The van der Waals surface area contributed by atoms with E-state index < -0.39 is 11.5 Å². The van der Waals surface area contributed by atoms with Gasteiger partial charge in [-0.05, 0) is 18.8 Å². The standard InChI is InChI=1S/C8H9NO3/c10-6-2-5-1-4-3-8(4,7(11)12)9(5)6/h4-5H,1-3H2,(H,11,12). The van der Waals surface area contributed by atoms with Gasteiger partial charge in [-0.3, -0.25) is 4.79 Å². The van der Waals surface area contributed by atoms with Gasteiger partial charge in [-0.25, -0.2) is 4.79 Å². The zero-order valence-corrected chi connectivity index (χ0v) is 6.49. The van der Waals surface area contributed by atoms with Crippen molar-refractivity contribution in [3.8, 4) is 0 Å². The molecule has 2 aliphatic heterocycles. The van der Waals surface area contributed by atoms with Gasteiger partial charge in [0.05, 0.1) is 0 Å². The monoisotopic (exact) mass is 167 g/mol. The van der Waals surface area contributed by atoms with Crippen molar-refractivity contribution in [3.05, 3.63) is 0 Å². The first-order chi connectivity index (χ1) is 5.66. The molecule has 1 amide bonds. The van der Waals surface area contributed by atoms with Crippen LogP contribution in [0.5, 0.6) is 0 Å². The maximum absolute atomic E-state index is 11.1. The van der Waals surface area contributed by atoms with Gasteiger partial charge in [0.25, 0.3) is 0 Å². The van der Waals surface area contributed by atoms with E-state index in [9.17, 15) is 9.59 Å². The van der Waals surface area contributed by atoms with E-state index in [-0.39, 0.29) is 17.9 Å². The normalized spacial score (nSPS) is 48.0. The number of carboxylic acids is 1. The van der Waals surface area contributed by atoms with Crippen LogP contribution in [0.1, 0.15) is 19.3 Å². The van der Waals surface area contributed by atoms with Gasteiger partial charge >= 0.3 is 5.97 Å². The molecule has 3 fully saturated rings. The number of aliphatic carboxylic acids is 1. The summed E-state index contributed by atoms with van der Waals surface area (Å²) in [6.45, 7) is 0. The van der Waals surface area contributed by atoms with Crippen LogP contribution in [0.15, 0.2) is 0 Å². The van der Waals surface area contributed by atoms with Crippen molar-refractivity contribution in [1.29, 1.82) is 0 Å². The summed E-state index contributed by atoms with van der Waals surface area (Å²) in [5, 5.41) is 8.96. The fraction of sp³-hybridized carbons (Fsp3) is 0.750. The molecule has 0 bridgehead atoms. The summed E-state index contributed by atoms with van der Waals surface area (Å²) in [6, 6.07) is 0.257. The highest BCUT2D eigenvalue weighted by atomic mass is 16.4. The Balaban J connectivity index is 2.00. The van der Waals surface area contributed by atoms with Gasteiger partial charge in [-0.2, -0.15) is 0 Å². The van der Waals surface area contributed by atoms with Crippen LogP contribution >= 0.6 is 0 Å².